The van der Waals surface area contributed by atoms with Crippen molar-refractivity contribution in [3.63, 3.8) is 0 Å². The van der Waals surface area contributed by atoms with Crippen LogP contribution in [0, 0.1) is 0 Å². The van der Waals surface area contributed by atoms with Gasteiger partial charge in [0.25, 0.3) is 5.91 Å². The van der Waals surface area contributed by atoms with Crippen LogP contribution in [0.5, 0.6) is 11.5 Å². The minimum atomic E-state index is -0.509. The number of carbonyl (C=O) groups excluding carboxylic acids is 1. The summed E-state index contributed by atoms with van der Waals surface area (Å²) in [5, 5.41) is 30.8. The molecule has 1 aromatic carbocycles. The molecule has 0 heterocycles. The molecule has 0 bridgehead atoms. The molecule has 2 unspecified atom stereocenters. The van der Waals surface area contributed by atoms with Crippen molar-refractivity contribution in [2.24, 2.45) is 0 Å². The highest BCUT2D eigenvalue weighted by atomic mass is 16.3. The maximum Gasteiger partial charge on any atom is 0.251 e. The van der Waals surface area contributed by atoms with E-state index in [4.69, 9.17) is 0 Å². The number of rotatable bonds is 2. The Morgan fingerprint density at radius 1 is 1.18 bits per heavy atom. The molecule has 92 valence electrons. The van der Waals surface area contributed by atoms with Gasteiger partial charge in [0.05, 0.1) is 12.1 Å². The first-order valence-corrected chi connectivity index (χ1v) is 5.58. The number of hydrogen-bond acceptors (Lipinski definition) is 4. The van der Waals surface area contributed by atoms with Crippen LogP contribution in [-0.4, -0.2) is 33.4 Å². The smallest absolute Gasteiger partial charge is 0.251 e. The topological polar surface area (TPSA) is 89.8 Å². The third-order valence-electron chi connectivity index (χ3n) is 2.96. The average Bonchev–Trinajstić information content (AvgIpc) is 2.63. The summed E-state index contributed by atoms with van der Waals surface area (Å²) < 4.78 is 0. The van der Waals surface area contributed by atoms with Crippen molar-refractivity contribution in [1.82, 2.24) is 5.32 Å². The Morgan fingerprint density at radius 3 is 2.35 bits per heavy atom. The molecule has 17 heavy (non-hydrogen) atoms. The Morgan fingerprint density at radius 2 is 1.82 bits per heavy atom. The van der Waals surface area contributed by atoms with Crippen LogP contribution in [0.3, 0.4) is 0 Å². The van der Waals surface area contributed by atoms with Crippen molar-refractivity contribution < 1.29 is 20.1 Å². The van der Waals surface area contributed by atoms with Crippen molar-refractivity contribution in [3.05, 3.63) is 23.8 Å². The highest BCUT2D eigenvalue weighted by molar-refractivity contribution is 5.95. The highest BCUT2D eigenvalue weighted by Gasteiger charge is 2.26. The normalized spacial score (nSPS) is 23.6. The van der Waals surface area contributed by atoms with Crippen molar-refractivity contribution in [2.75, 3.05) is 0 Å². The molecule has 0 aliphatic heterocycles. The lowest BCUT2D eigenvalue weighted by atomic mass is 10.1. The average molecular weight is 237 g/mol. The predicted octanol–water partition coefficient (Wildman–Crippen LogP) is 0.741. The van der Waals surface area contributed by atoms with Gasteiger partial charge in [-0.15, -0.1) is 0 Å². The largest absolute Gasteiger partial charge is 0.508 e. The monoisotopic (exact) mass is 237 g/mol. The SMILES string of the molecule is O=C(NC1CCCC1O)c1cc(O)cc(O)c1. The van der Waals surface area contributed by atoms with E-state index < -0.39 is 12.0 Å². The number of amides is 1. The van der Waals surface area contributed by atoms with Crippen LogP contribution in [0.1, 0.15) is 29.6 Å². The van der Waals surface area contributed by atoms with E-state index in [0.29, 0.717) is 6.42 Å². The molecule has 2 atom stereocenters. The fraction of sp³-hybridized carbons (Fsp3) is 0.417. The summed E-state index contributed by atoms with van der Waals surface area (Å²) >= 11 is 0. The van der Waals surface area contributed by atoms with Gasteiger partial charge in [-0.05, 0) is 31.4 Å². The molecule has 0 radical (unpaired) electrons. The lowest BCUT2D eigenvalue weighted by Gasteiger charge is -2.16. The van der Waals surface area contributed by atoms with Gasteiger partial charge in [-0.1, -0.05) is 0 Å². The first-order valence-electron chi connectivity index (χ1n) is 5.58. The summed E-state index contributed by atoms with van der Waals surface area (Å²) in [6.07, 6.45) is 1.82. The molecular formula is C12H15NO4. The van der Waals surface area contributed by atoms with E-state index in [2.05, 4.69) is 5.32 Å². The number of aromatic hydroxyl groups is 2. The molecule has 4 N–H and O–H groups in total. The molecule has 1 aromatic rings. The third kappa shape index (κ3) is 2.68. The van der Waals surface area contributed by atoms with Gasteiger partial charge in [-0.2, -0.15) is 0 Å². The maximum atomic E-state index is 11.8. The van der Waals surface area contributed by atoms with Gasteiger partial charge in [0.15, 0.2) is 0 Å². The minimum absolute atomic E-state index is 0.165. The van der Waals surface area contributed by atoms with Gasteiger partial charge >= 0.3 is 0 Å². The van der Waals surface area contributed by atoms with Crippen molar-refractivity contribution >= 4 is 5.91 Å². The number of phenolic OH excluding ortho intramolecular Hbond substituents is 2. The standard InChI is InChI=1S/C12H15NO4/c14-8-4-7(5-9(15)6-8)12(17)13-10-2-1-3-11(10)16/h4-6,10-11,14-16H,1-3H2,(H,13,17). The van der Waals surface area contributed by atoms with Gasteiger partial charge in [-0.25, -0.2) is 0 Å². The lowest BCUT2D eigenvalue weighted by molar-refractivity contribution is 0.0872. The van der Waals surface area contributed by atoms with Gasteiger partial charge in [0.1, 0.15) is 11.5 Å². The van der Waals surface area contributed by atoms with Gasteiger partial charge in [0, 0.05) is 11.6 Å². The maximum absolute atomic E-state index is 11.8. The van der Waals surface area contributed by atoms with Crippen molar-refractivity contribution in [3.8, 4) is 11.5 Å². The summed E-state index contributed by atoms with van der Waals surface area (Å²) in [6, 6.07) is 3.46. The molecule has 1 amide bonds. The van der Waals surface area contributed by atoms with E-state index in [1.807, 2.05) is 0 Å². The second-order valence-corrected chi connectivity index (χ2v) is 4.32. The van der Waals surface area contributed by atoms with E-state index in [1.165, 1.54) is 12.1 Å². The number of carbonyl (C=O) groups is 1. The second kappa shape index (κ2) is 4.63. The molecule has 1 fully saturated rings. The van der Waals surface area contributed by atoms with Crippen LogP contribution in [0.2, 0.25) is 0 Å². The van der Waals surface area contributed by atoms with Crippen molar-refractivity contribution in [1.29, 1.82) is 0 Å². The van der Waals surface area contributed by atoms with Gasteiger partial charge < -0.3 is 20.6 Å². The number of aliphatic hydroxyl groups excluding tert-OH is 1. The van der Waals surface area contributed by atoms with Gasteiger partial charge in [-0.3, -0.25) is 4.79 Å². The Balaban J connectivity index is 2.09. The first-order chi connectivity index (χ1) is 8.06. The lowest BCUT2D eigenvalue weighted by Crippen LogP contribution is -2.39. The Labute approximate surface area is 98.7 Å². The van der Waals surface area contributed by atoms with E-state index in [9.17, 15) is 20.1 Å². The van der Waals surface area contributed by atoms with Crippen LogP contribution < -0.4 is 5.32 Å². The summed E-state index contributed by atoms with van der Waals surface area (Å²) in [7, 11) is 0. The zero-order valence-corrected chi connectivity index (χ0v) is 9.26. The zero-order valence-electron chi connectivity index (χ0n) is 9.26. The number of benzene rings is 1. The molecule has 0 aromatic heterocycles. The number of nitrogens with one attached hydrogen (secondary N) is 1. The molecular weight excluding hydrogens is 222 g/mol. The molecule has 1 aliphatic rings. The molecule has 0 spiro atoms. The molecule has 1 saturated carbocycles. The van der Waals surface area contributed by atoms with Crippen molar-refractivity contribution in [2.45, 2.75) is 31.4 Å². The quantitative estimate of drug-likeness (QED) is 0.610. The summed E-state index contributed by atoms with van der Waals surface area (Å²) in [6.45, 7) is 0. The van der Waals surface area contributed by atoms with Crippen LogP contribution >= 0.6 is 0 Å². The Bertz CT molecular complexity index is 412. The third-order valence-corrected chi connectivity index (χ3v) is 2.96. The second-order valence-electron chi connectivity index (χ2n) is 4.32. The zero-order chi connectivity index (χ0) is 12.4. The predicted molar refractivity (Wildman–Crippen MR) is 60.9 cm³/mol. The fourth-order valence-electron chi connectivity index (χ4n) is 2.09. The Kier molecular flexibility index (Phi) is 3.19. The fourth-order valence-corrected chi connectivity index (χ4v) is 2.09. The van der Waals surface area contributed by atoms with Gasteiger partial charge in [0.2, 0.25) is 0 Å². The molecule has 1 aliphatic carbocycles. The highest BCUT2D eigenvalue weighted by Crippen LogP contribution is 2.22. The first kappa shape index (κ1) is 11.7. The van der Waals surface area contributed by atoms with E-state index in [0.717, 1.165) is 18.9 Å². The summed E-state index contributed by atoms with van der Waals surface area (Å²) in [5.41, 5.74) is 0.182. The van der Waals surface area contributed by atoms with Crippen LogP contribution in [-0.2, 0) is 0 Å². The van der Waals surface area contributed by atoms with E-state index in [1.54, 1.807) is 0 Å². The number of phenols is 2. The molecule has 0 saturated heterocycles. The van der Waals surface area contributed by atoms with Crippen LogP contribution in [0.4, 0.5) is 0 Å². The van der Waals surface area contributed by atoms with E-state index in [-0.39, 0.29) is 23.1 Å². The minimum Gasteiger partial charge on any atom is -0.508 e. The number of hydrogen-bond donors (Lipinski definition) is 4. The Hall–Kier alpha value is -1.75. The molecule has 5 nitrogen and oxygen atoms in total. The van der Waals surface area contributed by atoms with Crippen LogP contribution in [0.25, 0.3) is 0 Å². The molecule has 2 rings (SSSR count). The van der Waals surface area contributed by atoms with E-state index >= 15 is 0 Å². The van der Waals surface area contributed by atoms with Crippen LogP contribution in [0.15, 0.2) is 18.2 Å². The summed E-state index contributed by atoms with van der Waals surface area (Å²) in [5.74, 6) is -0.730. The number of aliphatic hydroxyl groups is 1. The molecule has 5 heteroatoms. The summed E-state index contributed by atoms with van der Waals surface area (Å²) in [4.78, 5) is 11.8.